The molecule has 0 aliphatic heterocycles. The Kier molecular flexibility index (Phi) is 6.26. The minimum absolute atomic E-state index is 0.257. The van der Waals surface area contributed by atoms with Crippen molar-refractivity contribution in [2.45, 2.75) is 19.4 Å². The van der Waals surface area contributed by atoms with Gasteiger partial charge in [0.15, 0.2) is 0 Å². The highest BCUT2D eigenvalue weighted by molar-refractivity contribution is 7.99. The van der Waals surface area contributed by atoms with Crippen LogP contribution in [0.25, 0.3) is 0 Å². The van der Waals surface area contributed by atoms with Gasteiger partial charge in [-0.25, -0.2) is 0 Å². The van der Waals surface area contributed by atoms with E-state index >= 15 is 0 Å². The molecule has 0 amide bonds. The largest absolute Gasteiger partial charge is 0.495 e. The average molecular weight is 240 g/mol. The van der Waals surface area contributed by atoms with Gasteiger partial charge in [0.1, 0.15) is 5.75 Å². The van der Waals surface area contributed by atoms with E-state index in [1.165, 1.54) is 12.2 Å². The fourth-order valence-electron chi connectivity index (χ4n) is 1.48. The van der Waals surface area contributed by atoms with Crippen LogP contribution in [0.15, 0.2) is 18.3 Å². The number of pyridine rings is 1. The fraction of sp³-hybridized carbons (Fsp3) is 0.583. The number of nitrogens with zero attached hydrogens (tertiary/aromatic N) is 1. The van der Waals surface area contributed by atoms with Gasteiger partial charge in [0, 0.05) is 11.9 Å². The summed E-state index contributed by atoms with van der Waals surface area (Å²) in [6, 6.07) is 4.11. The van der Waals surface area contributed by atoms with Crippen LogP contribution in [0.3, 0.4) is 0 Å². The van der Waals surface area contributed by atoms with Crippen LogP contribution in [-0.4, -0.2) is 30.6 Å². The molecule has 0 aliphatic rings. The third-order valence-corrected chi connectivity index (χ3v) is 3.60. The van der Waals surface area contributed by atoms with Gasteiger partial charge in [-0.1, -0.05) is 6.92 Å². The summed E-state index contributed by atoms with van der Waals surface area (Å²) >= 11 is 1.94. The molecular formula is C12H20N2OS. The first-order valence-electron chi connectivity index (χ1n) is 5.57. The van der Waals surface area contributed by atoms with Crippen LogP contribution < -0.4 is 10.1 Å². The molecular weight excluding hydrogens is 220 g/mol. The Morgan fingerprint density at radius 1 is 1.56 bits per heavy atom. The fourth-order valence-corrected chi connectivity index (χ4v) is 2.50. The van der Waals surface area contributed by atoms with E-state index in [0.717, 1.165) is 17.2 Å². The molecule has 0 bridgehead atoms. The van der Waals surface area contributed by atoms with Crippen molar-refractivity contribution in [2.75, 3.05) is 25.7 Å². The Morgan fingerprint density at radius 2 is 2.38 bits per heavy atom. The summed E-state index contributed by atoms with van der Waals surface area (Å²) in [5.41, 5.74) is 0.996. The molecule has 0 fully saturated rings. The number of hydrogen-bond acceptors (Lipinski definition) is 4. The van der Waals surface area contributed by atoms with E-state index < -0.39 is 0 Å². The lowest BCUT2D eigenvalue weighted by molar-refractivity contribution is 0.400. The lowest BCUT2D eigenvalue weighted by Gasteiger charge is -2.17. The second-order valence-electron chi connectivity index (χ2n) is 3.51. The maximum atomic E-state index is 5.32. The van der Waals surface area contributed by atoms with Gasteiger partial charge < -0.3 is 10.1 Å². The number of methoxy groups -OCH3 is 1. The normalized spacial score (nSPS) is 12.4. The third kappa shape index (κ3) is 3.68. The molecule has 0 aromatic carbocycles. The SMILES string of the molecule is CCCSCC(NC)c1ncccc1OC. The van der Waals surface area contributed by atoms with Gasteiger partial charge in [0.25, 0.3) is 0 Å². The van der Waals surface area contributed by atoms with Crippen molar-refractivity contribution in [3.05, 3.63) is 24.0 Å². The van der Waals surface area contributed by atoms with Gasteiger partial charge in [-0.15, -0.1) is 0 Å². The van der Waals surface area contributed by atoms with E-state index in [9.17, 15) is 0 Å². The van der Waals surface area contributed by atoms with E-state index in [1.807, 2.05) is 37.1 Å². The number of hydrogen-bond donors (Lipinski definition) is 1. The first-order valence-corrected chi connectivity index (χ1v) is 6.72. The molecule has 1 N–H and O–H groups in total. The summed E-state index contributed by atoms with van der Waals surface area (Å²) in [6.45, 7) is 2.20. The zero-order chi connectivity index (χ0) is 11.8. The van der Waals surface area contributed by atoms with E-state index in [1.54, 1.807) is 7.11 Å². The molecule has 0 aliphatic carbocycles. The molecule has 1 heterocycles. The van der Waals surface area contributed by atoms with Crippen LogP contribution in [0, 0.1) is 0 Å². The summed E-state index contributed by atoms with van der Waals surface area (Å²) in [6.07, 6.45) is 3.02. The number of aromatic nitrogens is 1. The van der Waals surface area contributed by atoms with Gasteiger partial charge in [-0.3, -0.25) is 4.98 Å². The molecule has 0 radical (unpaired) electrons. The van der Waals surface area contributed by atoms with Crippen molar-refractivity contribution in [1.29, 1.82) is 0 Å². The van der Waals surface area contributed by atoms with Gasteiger partial charge in [0.2, 0.25) is 0 Å². The van der Waals surface area contributed by atoms with Crippen molar-refractivity contribution in [1.82, 2.24) is 10.3 Å². The summed E-state index contributed by atoms with van der Waals surface area (Å²) < 4.78 is 5.32. The zero-order valence-electron chi connectivity index (χ0n) is 10.2. The molecule has 0 saturated heterocycles. The first kappa shape index (κ1) is 13.3. The second kappa shape index (κ2) is 7.52. The Morgan fingerprint density at radius 3 is 3.00 bits per heavy atom. The molecule has 4 heteroatoms. The molecule has 1 aromatic heterocycles. The first-order chi connectivity index (χ1) is 7.83. The molecule has 1 rings (SSSR count). The van der Waals surface area contributed by atoms with Crippen LogP contribution in [0.1, 0.15) is 25.1 Å². The highest BCUT2D eigenvalue weighted by atomic mass is 32.2. The van der Waals surface area contributed by atoms with E-state index in [2.05, 4.69) is 17.2 Å². The van der Waals surface area contributed by atoms with Gasteiger partial charge in [-0.05, 0) is 31.4 Å². The van der Waals surface area contributed by atoms with Gasteiger partial charge >= 0.3 is 0 Å². The Balaban J connectivity index is 2.69. The molecule has 0 saturated carbocycles. The minimum Gasteiger partial charge on any atom is -0.495 e. The highest BCUT2D eigenvalue weighted by Crippen LogP contribution is 2.24. The van der Waals surface area contributed by atoms with Crippen molar-refractivity contribution in [3.8, 4) is 5.75 Å². The topological polar surface area (TPSA) is 34.2 Å². The van der Waals surface area contributed by atoms with E-state index in [4.69, 9.17) is 4.74 Å². The Labute approximate surface area is 102 Å². The van der Waals surface area contributed by atoms with E-state index in [0.29, 0.717) is 0 Å². The monoisotopic (exact) mass is 240 g/mol. The maximum absolute atomic E-state index is 5.32. The van der Waals surface area contributed by atoms with Crippen LogP contribution in [0.5, 0.6) is 5.75 Å². The summed E-state index contributed by atoms with van der Waals surface area (Å²) in [5.74, 6) is 3.07. The molecule has 1 aromatic rings. The van der Waals surface area contributed by atoms with Crippen LogP contribution >= 0.6 is 11.8 Å². The van der Waals surface area contributed by atoms with Crippen molar-refractivity contribution in [2.24, 2.45) is 0 Å². The predicted octanol–water partition coefficient (Wildman–Crippen LogP) is 2.49. The molecule has 0 spiro atoms. The zero-order valence-corrected chi connectivity index (χ0v) is 11.0. The molecule has 90 valence electrons. The number of thioether (sulfide) groups is 1. The van der Waals surface area contributed by atoms with Gasteiger partial charge in [-0.2, -0.15) is 11.8 Å². The highest BCUT2D eigenvalue weighted by Gasteiger charge is 2.15. The second-order valence-corrected chi connectivity index (χ2v) is 4.66. The molecule has 16 heavy (non-hydrogen) atoms. The van der Waals surface area contributed by atoms with Crippen molar-refractivity contribution < 1.29 is 4.74 Å². The van der Waals surface area contributed by atoms with Crippen molar-refractivity contribution >= 4 is 11.8 Å². The van der Waals surface area contributed by atoms with E-state index in [-0.39, 0.29) is 6.04 Å². The van der Waals surface area contributed by atoms with Crippen LogP contribution in [0.2, 0.25) is 0 Å². The van der Waals surface area contributed by atoms with Gasteiger partial charge in [0.05, 0.1) is 18.8 Å². The predicted molar refractivity (Wildman–Crippen MR) is 70.2 cm³/mol. The minimum atomic E-state index is 0.257. The molecule has 3 nitrogen and oxygen atoms in total. The van der Waals surface area contributed by atoms with Crippen molar-refractivity contribution in [3.63, 3.8) is 0 Å². The molecule has 1 atom stereocenters. The Hall–Kier alpha value is -0.740. The summed E-state index contributed by atoms with van der Waals surface area (Å²) in [4.78, 5) is 4.40. The lowest BCUT2D eigenvalue weighted by atomic mass is 10.2. The molecule has 1 unspecified atom stereocenters. The third-order valence-electron chi connectivity index (χ3n) is 2.33. The number of ether oxygens (including phenoxy) is 1. The number of rotatable bonds is 7. The summed E-state index contributed by atoms with van der Waals surface area (Å²) in [7, 11) is 3.65. The standard InChI is InChI=1S/C12H20N2OS/c1-4-8-16-9-10(13-2)12-11(15-3)6-5-7-14-12/h5-7,10,13H,4,8-9H2,1-3H3. The number of nitrogens with one attached hydrogen (secondary N) is 1. The Bertz CT molecular complexity index is 307. The lowest BCUT2D eigenvalue weighted by Crippen LogP contribution is -2.20. The summed E-state index contributed by atoms with van der Waals surface area (Å²) in [5, 5.41) is 3.29. The van der Waals surface area contributed by atoms with Crippen LogP contribution in [-0.2, 0) is 0 Å². The smallest absolute Gasteiger partial charge is 0.142 e. The van der Waals surface area contributed by atoms with Crippen LogP contribution in [0.4, 0.5) is 0 Å². The maximum Gasteiger partial charge on any atom is 0.142 e. The average Bonchev–Trinajstić information content (AvgIpc) is 2.35. The quantitative estimate of drug-likeness (QED) is 0.743.